The van der Waals surface area contributed by atoms with E-state index in [9.17, 15) is 0 Å². The molecule has 0 unspecified atom stereocenters. The second-order valence-electron chi connectivity index (χ2n) is 5.97. The number of para-hydroxylation sites is 1. The fourth-order valence-electron chi connectivity index (χ4n) is 2.83. The van der Waals surface area contributed by atoms with Gasteiger partial charge in [0.2, 0.25) is 0 Å². The molecule has 0 amide bonds. The zero-order chi connectivity index (χ0) is 14.7. The van der Waals surface area contributed by atoms with Gasteiger partial charge in [0.1, 0.15) is 0 Å². The quantitative estimate of drug-likeness (QED) is 0.787. The van der Waals surface area contributed by atoms with E-state index < -0.39 is 0 Å². The normalized spacial score (nSPS) is 10.9. The SMILES string of the molecule is Cc1cc(C)c(CNc2ccccc2C(C)C)c(C)c1. The molecule has 0 bridgehead atoms. The van der Waals surface area contributed by atoms with E-state index in [2.05, 4.69) is 76.3 Å². The fraction of sp³-hybridized carbons (Fsp3) is 0.368. The lowest BCUT2D eigenvalue weighted by Crippen LogP contribution is -2.06. The van der Waals surface area contributed by atoms with Crippen molar-refractivity contribution in [3.8, 4) is 0 Å². The summed E-state index contributed by atoms with van der Waals surface area (Å²) in [4.78, 5) is 0. The summed E-state index contributed by atoms with van der Waals surface area (Å²) in [5.74, 6) is 0.541. The summed E-state index contributed by atoms with van der Waals surface area (Å²) >= 11 is 0. The lowest BCUT2D eigenvalue weighted by atomic mass is 9.98. The Kier molecular flexibility index (Phi) is 4.49. The lowest BCUT2D eigenvalue weighted by molar-refractivity contribution is 0.865. The standard InChI is InChI=1S/C19H25N/c1-13(2)17-8-6-7-9-19(17)20-12-18-15(4)10-14(3)11-16(18)5/h6-11,13,20H,12H2,1-5H3. The first-order chi connectivity index (χ1) is 9.49. The van der Waals surface area contributed by atoms with Gasteiger partial charge in [-0.1, -0.05) is 49.7 Å². The van der Waals surface area contributed by atoms with Crippen LogP contribution in [0.4, 0.5) is 5.69 Å². The molecule has 0 aliphatic heterocycles. The summed E-state index contributed by atoms with van der Waals surface area (Å²) < 4.78 is 0. The topological polar surface area (TPSA) is 12.0 Å². The predicted molar refractivity (Wildman–Crippen MR) is 88.5 cm³/mol. The number of hydrogen-bond acceptors (Lipinski definition) is 1. The van der Waals surface area contributed by atoms with Crippen LogP contribution in [0.3, 0.4) is 0 Å². The second-order valence-corrected chi connectivity index (χ2v) is 5.97. The minimum absolute atomic E-state index is 0.541. The van der Waals surface area contributed by atoms with Gasteiger partial charge >= 0.3 is 0 Å². The molecule has 2 aromatic carbocycles. The number of rotatable bonds is 4. The van der Waals surface area contributed by atoms with Gasteiger partial charge in [0.15, 0.2) is 0 Å². The number of aryl methyl sites for hydroxylation is 3. The van der Waals surface area contributed by atoms with Crippen molar-refractivity contribution in [1.82, 2.24) is 0 Å². The van der Waals surface area contributed by atoms with Gasteiger partial charge in [-0.15, -0.1) is 0 Å². The van der Waals surface area contributed by atoms with Gasteiger partial charge in [-0.25, -0.2) is 0 Å². The minimum Gasteiger partial charge on any atom is -0.381 e. The van der Waals surface area contributed by atoms with E-state index in [4.69, 9.17) is 0 Å². The average Bonchev–Trinajstić information content (AvgIpc) is 2.37. The first kappa shape index (κ1) is 14.6. The second kappa shape index (κ2) is 6.13. The monoisotopic (exact) mass is 267 g/mol. The highest BCUT2D eigenvalue weighted by Crippen LogP contribution is 2.25. The lowest BCUT2D eigenvalue weighted by Gasteiger charge is -2.17. The molecule has 0 fully saturated rings. The van der Waals surface area contributed by atoms with Crippen molar-refractivity contribution in [2.24, 2.45) is 0 Å². The van der Waals surface area contributed by atoms with E-state index in [1.54, 1.807) is 0 Å². The third-order valence-electron chi connectivity index (χ3n) is 3.88. The Morgan fingerprint density at radius 2 is 1.55 bits per heavy atom. The van der Waals surface area contributed by atoms with E-state index in [0.717, 1.165) is 6.54 Å². The molecule has 0 saturated carbocycles. The van der Waals surface area contributed by atoms with E-state index in [1.807, 2.05) is 0 Å². The molecule has 0 saturated heterocycles. The molecule has 1 nitrogen and oxygen atoms in total. The number of benzene rings is 2. The van der Waals surface area contributed by atoms with Crippen molar-refractivity contribution in [3.63, 3.8) is 0 Å². The van der Waals surface area contributed by atoms with Crippen LogP contribution in [-0.2, 0) is 6.54 Å². The molecular formula is C19H25N. The molecule has 0 aliphatic carbocycles. The fourth-order valence-corrected chi connectivity index (χ4v) is 2.83. The molecule has 2 aromatic rings. The predicted octanol–water partition coefficient (Wildman–Crippen LogP) is 5.35. The van der Waals surface area contributed by atoms with Gasteiger partial charge in [0, 0.05) is 12.2 Å². The van der Waals surface area contributed by atoms with Gasteiger partial charge < -0.3 is 5.32 Å². The Morgan fingerprint density at radius 3 is 2.15 bits per heavy atom. The molecule has 0 aliphatic rings. The molecule has 0 radical (unpaired) electrons. The molecule has 0 heterocycles. The van der Waals surface area contributed by atoms with Gasteiger partial charge in [-0.05, 0) is 55.0 Å². The van der Waals surface area contributed by atoms with Crippen LogP contribution in [0.1, 0.15) is 47.6 Å². The van der Waals surface area contributed by atoms with Crippen molar-refractivity contribution in [2.45, 2.75) is 47.1 Å². The van der Waals surface area contributed by atoms with Crippen LogP contribution >= 0.6 is 0 Å². The van der Waals surface area contributed by atoms with Crippen molar-refractivity contribution < 1.29 is 0 Å². The van der Waals surface area contributed by atoms with Crippen LogP contribution in [0, 0.1) is 20.8 Å². The Morgan fingerprint density at radius 1 is 0.950 bits per heavy atom. The molecule has 0 atom stereocenters. The Hall–Kier alpha value is -1.76. The maximum Gasteiger partial charge on any atom is 0.0406 e. The molecular weight excluding hydrogens is 242 g/mol. The summed E-state index contributed by atoms with van der Waals surface area (Å²) in [6, 6.07) is 13.1. The molecule has 1 N–H and O–H groups in total. The van der Waals surface area contributed by atoms with E-state index >= 15 is 0 Å². The van der Waals surface area contributed by atoms with Gasteiger partial charge in [0.25, 0.3) is 0 Å². The zero-order valence-corrected chi connectivity index (χ0v) is 13.2. The summed E-state index contributed by atoms with van der Waals surface area (Å²) in [7, 11) is 0. The summed E-state index contributed by atoms with van der Waals surface area (Å²) in [6.07, 6.45) is 0. The summed E-state index contributed by atoms with van der Waals surface area (Å²) in [5, 5.41) is 3.61. The summed E-state index contributed by atoms with van der Waals surface area (Å²) in [6.45, 7) is 11.9. The summed E-state index contributed by atoms with van der Waals surface area (Å²) in [5.41, 5.74) is 8.13. The van der Waals surface area contributed by atoms with Crippen LogP contribution in [0.5, 0.6) is 0 Å². The highest BCUT2D eigenvalue weighted by Gasteiger charge is 2.07. The Balaban J connectivity index is 2.22. The van der Waals surface area contributed by atoms with Gasteiger partial charge in [-0.3, -0.25) is 0 Å². The van der Waals surface area contributed by atoms with Gasteiger partial charge in [0.05, 0.1) is 0 Å². The van der Waals surface area contributed by atoms with Crippen molar-refractivity contribution in [3.05, 3.63) is 64.2 Å². The number of hydrogen-bond donors (Lipinski definition) is 1. The molecule has 0 aromatic heterocycles. The van der Waals surface area contributed by atoms with Crippen LogP contribution in [0.15, 0.2) is 36.4 Å². The maximum absolute atomic E-state index is 3.61. The third kappa shape index (κ3) is 3.22. The number of anilines is 1. The first-order valence-corrected chi connectivity index (χ1v) is 7.38. The highest BCUT2D eigenvalue weighted by molar-refractivity contribution is 5.53. The van der Waals surface area contributed by atoms with E-state index in [0.29, 0.717) is 5.92 Å². The third-order valence-corrected chi connectivity index (χ3v) is 3.88. The molecule has 2 rings (SSSR count). The van der Waals surface area contributed by atoms with Crippen LogP contribution < -0.4 is 5.32 Å². The van der Waals surface area contributed by atoms with Crippen molar-refractivity contribution in [2.75, 3.05) is 5.32 Å². The molecule has 20 heavy (non-hydrogen) atoms. The average molecular weight is 267 g/mol. The van der Waals surface area contributed by atoms with Crippen LogP contribution in [0.2, 0.25) is 0 Å². The smallest absolute Gasteiger partial charge is 0.0406 e. The van der Waals surface area contributed by atoms with Crippen LogP contribution in [0.25, 0.3) is 0 Å². The van der Waals surface area contributed by atoms with Crippen LogP contribution in [-0.4, -0.2) is 0 Å². The van der Waals surface area contributed by atoms with Crippen molar-refractivity contribution in [1.29, 1.82) is 0 Å². The molecule has 106 valence electrons. The molecule has 1 heteroatoms. The minimum atomic E-state index is 0.541. The van der Waals surface area contributed by atoms with Gasteiger partial charge in [-0.2, -0.15) is 0 Å². The van der Waals surface area contributed by atoms with Crippen molar-refractivity contribution >= 4 is 5.69 Å². The van der Waals surface area contributed by atoms with E-state index in [1.165, 1.54) is 33.5 Å². The van der Waals surface area contributed by atoms with E-state index in [-0.39, 0.29) is 0 Å². The Labute approximate surface area is 123 Å². The largest absolute Gasteiger partial charge is 0.381 e. The first-order valence-electron chi connectivity index (χ1n) is 7.38. The highest BCUT2D eigenvalue weighted by atomic mass is 14.9. The maximum atomic E-state index is 3.61. The zero-order valence-electron chi connectivity index (χ0n) is 13.2. The number of nitrogens with one attached hydrogen (secondary N) is 1. The Bertz CT molecular complexity index is 573. The molecule has 0 spiro atoms.